The van der Waals surface area contributed by atoms with Gasteiger partial charge >= 0.3 is 0 Å². The Kier molecular flexibility index (Phi) is 6.60. The highest BCUT2D eigenvalue weighted by atomic mass is 35.5. The van der Waals surface area contributed by atoms with Gasteiger partial charge in [0.1, 0.15) is 0 Å². The Hall–Kier alpha value is -0.130. The Morgan fingerprint density at radius 1 is 1.28 bits per heavy atom. The van der Waals surface area contributed by atoms with E-state index in [0.29, 0.717) is 0 Å². The van der Waals surface area contributed by atoms with Crippen molar-refractivity contribution in [2.24, 2.45) is 5.73 Å². The van der Waals surface area contributed by atoms with Crippen LogP contribution in [-0.4, -0.2) is 50.1 Å². The average Bonchev–Trinajstić information content (AvgIpc) is 2.73. The highest BCUT2D eigenvalue weighted by molar-refractivity contribution is 7.16. The standard InChI is InChI=1S/C13H24ClN3S/c1-5-10(15)13(11-6-7-12(14)18-11)17(4)9-8-16(2)3/h6-7,10,13H,5,8-9,15H2,1-4H3. The van der Waals surface area contributed by atoms with Gasteiger partial charge in [-0.3, -0.25) is 4.90 Å². The largest absolute Gasteiger partial charge is 0.326 e. The summed E-state index contributed by atoms with van der Waals surface area (Å²) in [4.78, 5) is 5.78. The minimum atomic E-state index is 0.145. The van der Waals surface area contributed by atoms with Crippen molar-refractivity contribution in [2.75, 3.05) is 34.2 Å². The zero-order chi connectivity index (χ0) is 13.7. The van der Waals surface area contributed by atoms with Gasteiger partial charge in [-0.2, -0.15) is 0 Å². The van der Waals surface area contributed by atoms with Crippen molar-refractivity contribution in [2.45, 2.75) is 25.4 Å². The number of likely N-dealkylation sites (N-methyl/N-ethyl adjacent to an activating group) is 2. The van der Waals surface area contributed by atoms with Crippen LogP contribution >= 0.6 is 22.9 Å². The van der Waals surface area contributed by atoms with Crippen LogP contribution in [0.15, 0.2) is 12.1 Å². The van der Waals surface area contributed by atoms with Gasteiger partial charge in [0.05, 0.1) is 10.4 Å². The quantitative estimate of drug-likeness (QED) is 0.838. The summed E-state index contributed by atoms with van der Waals surface area (Å²) >= 11 is 7.67. The summed E-state index contributed by atoms with van der Waals surface area (Å²) in [6.07, 6.45) is 0.965. The van der Waals surface area contributed by atoms with E-state index in [1.54, 1.807) is 11.3 Å². The Bertz CT molecular complexity index is 354. The predicted molar refractivity (Wildman–Crippen MR) is 81.5 cm³/mol. The van der Waals surface area contributed by atoms with Gasteiger partial charge in [0.15, 0.2) is 0 Å². The first-order valence-corrected chi connectivity index (χ1v) is 7.51. The highest BCUT2D eigenvalue weighted by Gasteiger charge is 2.24. The van der Waals surface area contributed by atoms with Crippen LogP contribution in [-0.2, 0) is 0 Å². The van der Waals surface area contributed by atoms with E-state index in [1.807, 2.05) is 6.07 Å². The number of hydrogen-bond acceptors (Lipinski definition) is 4. The van der Waals surface area contributed by atoms with E-state index < -0.39 is 0 Å². The van der Waals surface area contributed by atoms with Crippen LogP contribution < -0.4 is 5.73 Å². The summed E-state index contributed by atoms with van der Waals surface area (Å²) in [6.45, 7) is 4.16. The maximum atomic E-state index is 6.27. The minimum Gasteiger partial charge on any atom is -0.326 e. The molecule has 0 aliphatic heterocycles. The molecule has 1 aromatic rings. The SMILES string of the molecule is CCC(N)C(c1ccc(Cl)s1)N(C)CCN(C)C. The van der Waals surface area contributed by atoms with Crippen molar-refractivity contribution in [1.29, 1.82) is 0 Å². The van der Waals surface area contributed by atoms with E-state index in [9.17, 15) is 0 Å². The second-order valence-electron chi connectivity index (χ2n) is 4.94. The van der Waals surface area contributed by atoms with Gasteiger partial charge in [-0.05, 0) is 39.7 Å². The first-order valence-electron chi connectivity index (χ1n) is 6.31. The number of nitrogens with two attached hydrogens (primary N) is 1. The molecule has 0 aliphatic carbocycles. The fourth-order valence-corrected chi connectivity index (χ4v) is 3.27. The Balaban J connectivity index is 2.78. The van der Waals surface area contributed by atoms with E-state index in [2.05, 4.69) is 43.9 Å². The molecular weight excluding hydrogens is 266 g/mol. The maximum Gasteiger partial charge on any atom is 0.0931 e. The third-order valence-electron chi connectivity index (χ3n) is 3.14. The van der Waals surface area contributed by atoms with E-state index in [-0.39, 0.29) is 12.1 Å². The number of nitrogens with zero attached hydrogens (tertiary/aromatic N) is 2. The van der Waals surface area contributed by atoms with Gasteiger partial charge in [-0.25, -0.2) is 0 Å². The number of hydrogen-bond donors (Lipinski definition) is 1. The lowest BCUT2D eigenvalue weighted by Gasteiger charge is -2.32. The van der Waals surface area contributed by atoms with Crippen LogP contribution in [0.5, 0.6) is 0 Å². The van der Waals surface area contributed by atoms with Crippen LogP contribution in [0.2, 0.25) is 4.34 Å². The lowest BCUT2D eigenvalue weighted by atomic mass is 10.0. The Morgan fingerprint density at radius 2 is 1.94 bits per heavy atom. The Labute approximate surface area is 120 Å². The van der Waals surface area contributed by atoms with Crippen LogP contribution in [0, 0.1) is 0 Å². The predicted octanol–water partition coefficient (Wildman–Crippen LogP) is 2.67. The molecule has 1 aromatic heterocycles. The second kappa shape index (κ2) is 7.46. The monoisotopic (exact) mass is 289 g/mol. The molecule has 3 nitrogen and oxygen atoms in total. The van der Waals surface area contributed by atoms with E-state index in [0.717, 1.165) is 23.8 Å². The molecule has 0 saturated heterocycles. The molecule has 0 spiro atoms. The highest BCUT2D eigenvalue weighted by Crippen LogP contribution is 2.32. The summed E-state index contributed by atoms with van der Waals surface area (Å²) in [7, 11) is 6.31. The molecule has 0 aromatic carbocycles. The fourth-order valence-electron chi connectivity index (χ4n) is 1.96. The third kappa shape index (κ3) is 4.52. The molecule has 2 atom stereocenters. The lowest BCUT2D eigenvalue weighted by molar-refractivity contribution is 0.194. The van der Waals surface area contributed by atoms with Crippen molar-refractivity contribution in [3.05, 3.63) is 21.3 Å². The van der Waals surface area contributed by atoms with E-state index >= 15 is 0 Å². The molecule has 1 heterocycles. The first-order chi connectivity index (χ1) is 8.45. The lowest BCUT2D eigenvalue weighted by Crippen LogP contribution is -2.41. The summed E-state index contributed by atoms with van der Waals surface area (Å²) in [5.74, 6) is 0. The Morgan fingerprint density at radius 3 is 2.39 bits per heavy atom. The van der Waals surface area contributed by atoms with Gasteiger partial charge < -0.3 is 10.6 Å². The van der Waals surface area contributed by atoms with Gasteiger partial charge in [-0.1, -0.05) is 18.5 Å². The molecule has 0 saturated carbocycles. The number of rotatable bonds is 7. The van der Waals surface area contributed by atoms with Crippen molar-refractivity contribution >= 4 is 22.9 Å². The first kappa shape index (κ1) is 15.9. The fraction of sp³-hybridized carbons (Fsp3) is 0.692. The van der Waals surface area contributed by atoms with Crippen LogP contribution in [0.1, 0.15) is 24.3 Å². The number of halogens is 1. The molecule has 0 radical (unpaired) electrons. The topological polar surface area (TPSA) is 32.5 Å². The summed E-state index contributed by atoms with van der Waals surface area (Å²) in [6, 6.07) is 4.45. The van der Waals surface area contributed by atoms with Crippen molar-refractivity contribution < 1.29 is 0 Å². The molecular formula is C13H24ClN3S. The molecule has 2 unspecified atom stereocenters. The van der Waals surface area contributed by atoms with Crippen molar-refractivity contribution in [3.63, 3.8) is 0 Å². The summed E-state index contributed by atoms with van der Waals surface area (Å²) < 4.78 is 0.833. The molecule has 18 heavy (non-hydrogen) atoms. The molecule has 2 N–H and O–H groups in total. The smallest absolute Gasteiger partial charge is 0.0931 e. The van der Waals surface area contributed by atoms with Crippen molar-refractivity contribution in [3.8, 4) is 0 Å². The number of thiophene rings is 1. The summed E-state index contributed by atoms with van der Waals surface area (Å²) in [5, 5.41) is 0. The maximum absolute atomic E-state index is 6.27. The molecule has 1 rings (SSSR count). The molecule has 104 valence electrons. The third-order valence-corrected chi connectivity index (χ3v) is 4.44. The summed E-state index contributed by atoms with van der Waals surface area (Å²) in [5.41, 5.74) is 6.27. The van der Waals surface area contributed by atoms with Gasteiger partial charge in [0.25, 0.3) is 0 Å². The molecule has 0 bridgehead atoms. The molecule has 0 amide bonds. The normalized spacial score (nSPS) is 15.3. The van der Waals surface area contributed by atoms with Crippen LogP contribution in [0.3, 0.4) is 0 Å². The zero-order valence-corrected chi connectivity index (χ0v) is 13.3. The van der Waals surface area contributed by atoms with Crippen molar-refractivity contribution in [1.82, 2.24) is 9.80 Å². The molecule has 0 aliphatic rings. The van der Waals surface area contributed by atoms with E-state index in [4.69, 9.17) is 17.3 Å². The van der Waals surface area contributed by atoms with Gasteiger partial charge in [-0.15, -0.1) is 11.3 Å². The van der Waals surface area contributed by atoms with Gasteiger partial charge in [0, 0.05) is 24.0 Å². The second-order valence-corrected chi connectivity index (χ2v) is 6.69. The minimum absolute atomic E-state index is 0.145. The van der Waals surface area contributed by atoms with Crippen LogP contribution in [0.4, 0.5) is 0 Å². The zero-order valence-electron chi connectivity index (χ0n) is 11.7. The average molecular weight is 290 g/mol. The molecule has 0 fully saturated rings. The molecule has 5 heteroatoms. The van der Waals surface area contributed by atoms with Gasteiger partial charge in [0.2, 0.25) is 0 Å². The van der Waals surface area contributed by atoms with E-state index in [1.165, 1.54) is 4.88 Å². The van der Waals surface area contributed by atoms with Crippen LogP contribution in [0.25, 0.3) is 0 Å².